The molecule has 5 nitrogen and oxygen atoms in total. The van der Waals surface area contributed by atoms with Crippen LogP contribution in [-0.2, 0) is 6.54 Å². The zero-order valence-electron chi connectivity index (χ0n) is 19.9. The van der Waals surface area contributed by atoms with Crippen molar-refractivity contribution in [2.75, 3.05) is 13.2 Å². The SMILES string of the molecule is CCCCCCCOc1cccc(C(=O)NCc2ccccn2)c1OCCCCCCC. The largest absolute Gasteiger partial charge is 0.490 e. The van der Waals surface area contributed by atoms with E-state index in [2.05, 4.69) is 24.1 Å². The van der Waals surface area contributed by atoms with Gasteiger partial charge in [0.1, 0.15) is 0 Å². The molecule has 0 aliphatic heterocycles. The van der Waals surface area contributed by atoms with Gasteiger partial charge in [0.2, 0.25) is 0 Å². The zero-order chi connectivity index (χ0) is 22.9. The van der Waals surface area contributed by atoms with Gasteiger partial charge in [-0.3, -0.25) is 9.78 Å². The average molecular weight is 441 g/mol. The number of hydrogen-bond acceptors (Lipinski definition) is 4. The molecule has 2 rings (SSSR count). The average Bonchev–Trinajstić information content (AvgIpc) is 2.83. The lowest BCUT2D eigenvalue weighted by molar-refractivity contribution is 0.0945. The highest BCUT2D eigenvalue weighted by molar-refractivity contribution is 5.97. The van der Waals surface area contributed by atoms with E-state index in [0.29, 0.717) is 36.8 Å². The van der Waals surface area contributed by atoms with Crippen LogP contribution in [0.5, 0.6) is 11.5 Å². The van der Waals surface area contributed by atoms with Gasteiger partial charge in [0, 0.05) is 6.20 Å². The van der Waals surface area contributed by atoms with E-state index in [0.717, 1.165) is 31.4 Å². The molecule has 32 heavy (non-hydrogen) atoms. The summed E-state index contributed by atoms with van der Waals surface area (Å²) in [4.78, 5) is 17.2. The number of para-hydroxylation sites is 1. The smallest absolute Gasteiger partial charge is 0.255 e. The first kappa shape index (κ1) is 25.7. The summed E-state index contributed by atoms with van der Waals surface area (Å²) >= 11 is 0. The summed E-state index contributed by atoms with van der Waals surface area (Å²) < 4.78 is 12.2. The first-order valence-corrected chi connectivity index (χ1v) is 12.3. The Morgan fingerprint density at radius 2 is 1.50 bits per heavy atom. The number of nitrogens with one attached hydrogen (secondary N) is 1. The fourth-order valence-corrected chi connectivity index (χ4v) is 3.49. The van der Waals surface area contributed by atoms with E-state index < -0.39 is 0 Å². The Bertz CT molecular complexity index is 765. The molecule has 2 aromatic rings. The molecule has 0 atom stereocenters. The van der Waals surface area contributed by atoms with Gasteiger partial charge in [0.05, 0.1) is 31.0 Å². The molecule has 0 fully saturated rings. The van der Waals surface area contributed by atoms with Crippen LogP contribution in [0.25, 0.3) is 0 Å². The van der Waals surface area contributed by atoms with Gasteiger partial charge >= 0.3 is 0 Å². The van der Waals surface area contributed by atoms with Crippen molar-refractivity contribution in [3.05, 3.63) is 53.9 Å². The Hall–Kier alpha value is -2.56. The van der Waals surface area contributed by atoms with E-state index in [1.54, 1.807) is 12.3 Å². The predicted molar refractivity (Wildman–Crippen MR) is 130 cm³/mol. The molecule has 0 saturated carbocycles. The van der Waals surface area contributed by atoms with Crippen LogP contribution < -0.4 is 14.8 Å². The number of ether oxygens (including phenoxy) is 2. The van der Waals surface area contributed by atoms with E-state index in [-0.39, 0.29) is 5.91 Å². The number of benzene rings is 1. The Morgan fingerprint density at radius 3 is 2.16 bits per heavy atom. The van der Waals surface area contributed by atoms with Gasteiger partial charge in [-0.15, -0.1) is 0 Å². The Labute approximate surface area is 193 Å². The van der Waals surface area contributed by atoms with Gasteiger partial charge in [0.15, 0.2) is 11.5 Å². The van der Waals surface area contributed by atoms with Crippen LogP contribution >= 0.6 is 0 Å². The molecular weight excluding hydrogens is 400 g/mol. The fraction of sp³-hybridized carbons (Fsp3) is 0.556. The summed E-state index contributed by atoms with van der Waals surface area (Å²) in [7, 11) is 0. The van der Waals surface area contributed by atoms with Gasteiger partial charge < -0.3 is 14.8 Å². The number of amides is 1. The van der Waals surface area contributed by atoms with Crippen LogP contribution in [0.4, 0.5) is 0 Å². The van der Waals surface area contributed by atoms with Crippen LogP contribution in [0.2, 0.25) is 0 Å². The van der Waals surface area contributed by atoms with E-state index in [1.807, 2.05) is 30.3 Å². The number of nitrogens with zero attached hydrogens (tertiary/aromatic N) is 1. The van der Waals surface area contributed by atoms with Crippen LogP contribution in [0, 0.1) is 0 Å². The van der Waals surface area contributed by atoms with Gasteiger partial charge in [0.25, 0.3) is 5.91 Å². The van der Waals surface area contributed by atoms with Crippen LogP contribution in [0.3, 0.4) is 0 Å². The second-order valence-electron chi connectivity index (χ2n) is 8.16. The summed E-state index contributed by atoms with van der Waals surface area (Å²) in [5.41, 5.74) is 1.33. The molecule has 1 N–H and O–H groups in total. The summed E-state index contributed by atoms with van der Waals surface area (Å²) in [5.74, 6) is 1.03. The molecule has 1 heterocycles. The molecule has 1 aromatic heterocycles. The Balaban J connectivity index is 2.00. The maximum absolute atomic E-state index is 12.9. The van der Waals surface area contributed by atoms with Crippen molar-refractivity contribution in [3.63, 3.8) is 0 Å². The molecular formula is C27H40N2O3. The third-order valence-electron chi connectivity index (χ3n) is 5.38. The van der Waals surface area contributed by atoms with Crippen molar-refractivity contribution in [3.8, 4) is 11.5 Å². The Kier molecular flexibility index (Phi) is 13.0. The molecule has 0 unspecified atom stereocenters. The molecule has 0 spiro atoms. The van der Waals surface area contributed by atoms with Crippen molar-refractivity contribution in [1.82, 2.24) is 10.3 Å². The summed E-state index contributed by atoms with van der Waals surface area (Å²) in [6.45, 7) is 6.02. The first-order valence-electron chi connectivity index (χ1n) is 12.3. The lowest BCUT2D eigenvalue weighted by Crippen LogP contribution is -2.24. The molecule has 5 heteroatoms. The predicted octanol–water partition coefficient (Wildman–Crippen LogP) is 6.71. The minimum atomic E-state index is -0.176. The lowest BCUT2D eigenvalue weighted by Gasteiger charge is -2.16. The van der Waals surface area contributed by atoms with Crippen molar-refractivity contribution in [1.29, 1.82) is 0 Å². The quantitative estimate of drug-likeness (QED) is 0.278. The number of unbranched alkanes of at least 4 members (excludes halogenated alkanes) is 8. The van der Waals surface area contributed by atoms with Gasteiger partial charge in [-0.2, -0.15) is 0 Å². The maximum Gasteiger partial charge on any atom is 0.255 e. The van der Waals surface area contributed by atoms with Crippen molar-refractivity contribution < 1.29 is 14.3 Å². The van der Waals surface area contributed by atoms with E-state index in [9.17, 15) is 4.79 Å². The molecule has 1 aromatic carbocycles. The number of carbonyl (C=O) groups excluding carboxylic acids is 1. The second-order valence-corrected chi connectivity index (χ2v) is 8.16. The highest BCUT2D eigenvalue weighted by Gasteiger charge is 2.17. The molecule has 0 aliphatic carbocycles. The van der Waals surface area contributed by atoms with E-state index in [1.165, 1.54) is 38.5 Å². The number of pyridine rings is 1. The normalized spacial score (nSPS) is 10.7. The monoisotopic (exact) mass is 440 g/mol. The summed E-state index contributed by atoms with van der Waals surface area (Å²) in [5, 5.41) is 2.95. The number of carbonyl (C=O) groups is 1. The second kappa shape index (κ2) is 16.1. The fourth-order valence-electron chi connectivity index (χ4n) is 3.49. The molecule has 176 valence electrons. The highest BCUT2D eigenvalue weighted by atomic mass is 16.5. The molecule has 0 aliphatic rings. The zero-order valence-corrected chi connectivity index (χ0v) is 19.9. The molecule has 1 amide bonds. The number of aromatic nitrogens is 1. The number of rotatable bonds is 17. The van der Waals surface area contributed by atoms with Crippen LogP contribution in [0.15, 0.2) is 42.6 Å². The third kappa shape index (κ3) is 9.71. The topological polar surface area (TPSA) is 60.5 Å². The third-order valence-corrected chi connectivity index (χ3v) is 5.38. The summed E-state index contributed by atoms with van der Waals surface area (Å²) in [6, 6.07) is 11.2. The van der Waals surface area contributed by atoms with Gasteiger partial charge in [-0.25, -0.2) is 0 Å². The van der Waals surface area contributed by atoms with Crippen molar-refractivity contribution in [2.24, 2.45) is 0 Å². The van der Waals surface area contributed by atoms with Crippen LogP contribution in [0.1, 0.15) is 94.1 Å². The molecule has 0 radical (unpaired) electrons. The van der Waals surface area contributed by atoms with E-state index in [4.69, 9.17) is 9.47 Å². The Morgan fingerprint density at radius 1 is 0.812 bits per heavy atom. The highest BCUT2D eigenvalue weighted by Crippen LogP contribution is 2.32. The first-order chi connectivity index (χ1) is 15.8. The molecule has 0 bridgehead atoms. The number of hydrogen-bond donors (Lipinski definition) is 1. The minimum absolute atomic E-state index is 0.176. The standard InChI is InChI=1S/C27H40N2O3/c1-3-5-7-9-13-20-31-25-18-15-17-24(26(25)32-21-14-10-8-6-4-2)27(30)29-22-23-16-11-12-19-28-23/h11-12,15-19H,3-10,13-14,20-22H2,1-2H3,(H,29,30). The maximum atomic E-state index is 12.9. The van der Waals surface area contributed by atoms with Gasteiger partial charge in [-0.05, 0) is 37.1 Å². The van der Waals surface area contributed by atoms with Crippen molar-refractivity contribution >= 4 is 5.91 Å². The van der Waals surface area contributed by atoms with Crippen molar-refractivity contribution in [2.45, 2.75) is 84.6 Å². The summed E-state index contributed by atoms with van der Waals surface area (Å²) in [6.07, 6.45) is 13.4. The lowest BCUT2D eigenvalue weighted by atomic mass is 10.1. The van der Waals surface area contributed by atoms with Gasteiger partial charge in [-0.1, -0.05) is 77.3 Å². The minimum Gasteiger partial charge on any atom is -0.490 e. The van der Waals surface area contributed by atoms with E-state index >= 15 is 0 Å². The molecule has 0 saturated heterocycles. The van der Waals surface area contributed by atoms with Crippen LogP contribution in [-0.4, -0.2) is 24.1 Å².